The molecule has 0 aromatic heterocycles. The number of rotatable bonds is 5. The third-order valence-electron chi connectivity index (χ3n) is 2.09. The number of carbonyl (C=O) groups is 2. The van der Waals surface area contributed by atoms with Crippen LogP contribution in [0, 0.1) is 0 Å². The van der Waals surface area contributed by atoms with Gasteiger partial charge in [0, 0.05) is 5.69 Å². The Labute approximate surface area is 99.4 Å². The quantitative estimate of drug-likeness (QED) is 0.772. The number of unbranched alkanes of at least 4 members (excludes halogenated alkanes) is 1. The molecule has 2 N–H and O–H groups in total. The van der Waals surface area contributed by atoms with Crippen molar-refractivity contribution in [3.05, 3.63) is 29.8 Å². The Hall–Kier alpha value is -2.04. The Morgan fingerprint density at radius 2 is 2.18 bits per heavy atom. The van der Waals surface area contributed by atoms with Crippen LogP contribution in [-0.4, -0.2) is 23.8 Å². The van der Waals surface area contributed by atoms with E-state index in [4.69, 9.17) is 9.84 Å². The van der Waals surface area contributed by atoms with Crippen LogP contribution in [0.5, 0.6) is 0 Å². The summed E-state index contributed by atoms with van der Waals surface area (Å²) in [4.78, 5) is 22.0. The van der Waals surface area contributed by atoms with E-state index in [0.717, 1.165) is 12.8 Å². The van der Waals surface area contributed by atoms with Crippen LogP contribution in [-0.2, 0) is 4.74 Å². The fourth-order valence-electron chi connectivity index (χ4n) is 1.19. The van der Waals surface area contributed by atoms with Gasteiger partial charge in [0.05, 0.1) is 12.2 Å². The van der Waals surface area contributed by atoms with Gasteiger partial charge in [-0.3, -0.25) is 5.32 Å². The van der Waals surface area contributed by atoms with Crippen molar-refractivity contribution >= 4 is 17.7 Å². The zero-order valence-electron chi connectivity index (χ0n) is 9.60. The van der Waals surface area contributed by atoms with E-state index in [1.165, 1.54) is 12.1 Å². The molecule has 0 saturated heterocycles. The lowest BCUT2D eigenvalue weighted by Gasteiger charge is -2.06. The van der Waals surface area contributed by atoms with E-state index in [2.05, 4.69) is 5.32 Å². The first-order chi connectivity index (χ1) is 8.13. The second-order valence-corrected chi connectivity index (χ2v) is 3.50. The average Bonchev–Trinajstić information content (AvgIpc) is 2.29. The topological polar surface area (TPSA) is 75.6 Å². The molecular weight excluding hydrogens is 222 g/mol. The number of carboxylic acid groups (broad SMARTS) is 1. The maximum atomic E-state index is 11.3. The second-order valence-electron chi connectivity index (χ2n) is 3.50. The number of benzene rings is 1. The maximum absolute atomic E-state index is 11.3. The maximum Gasteiger partial charge on any atom is 0.411 e. The number of carbonyl (C=O) groups excluding carboxylic acids is 1. The lowest BCUT2D eigenvalue weighted by Crippen LogP contribution is -2.14. The highest BCUT2D eigenvalue weighted by atomic mass is 16.5. The number of nitrogens with one attached hydrogen (secondary N) is 1. The van der Waals surface area contributed by atoms with Crippen LogP contribution in [0.15, 0.2) is 24.3 Å². The van der Waals surface area contributed by atoms with Gasteiger partial charge in [-0.25, -0.2) is 9.59 Å². The summed E-state index contributed by atoms with van der Waals surface area (Å²) in [6.45, 7) is 2.36. The Kier molecular flexibility index (Phi) is 5.00. The van der Waals surface area contributed by atoms with E-state index in [0.29, 0.717) is 12.3 Å². The first kappa shape index (κ1) is 13.0. The Balaban J connectivity index is 2.53. The Bertz CT molecular complexity index is 403. The molecule has 1 aromatic rings. The summed E-state index contributed by atoms with van der Waals surface area (Å²) < 4.78 is 4.89. The molecule has 0 unspecified atom stereocenters. The molecule has 0 aliphatic rings. The number of hydrogen-bond acceptors (Lipinski definition) is 3. The molecule has 0 radical (unpaired) electrons. The molecule has 17 heavy (non-hydrogen) atoms. The molecule has 5 nitrogen and oxygen atoms in total. The molecule has 5 heteroatoms. The highest BCUT2D eigenvalue weighted by Crippen LogP contribution is 2.10. The van der Waals surface area contributed by atoms with Gasteiger partial charge < -0.3 is 9.84 Å². The van der Waals surface area contributed by atoms with Gasteiger partial charge in [-0.15, -0.1) is 0 Å². The summed E-state index contributed by atoms with van der Waals surface area (Å²) in [5.41, 5.74) is 0.530. The lowest BCUT2D eigenvalue weighted by atomic mass is 10.2. The van der Waals surface area contributed by atoms with Crippen molar-refractivity contribution in [2.24, 2.45) is 0 Å². The van der Waals surface area contributed by atoms with Gasteiger partial charge in [-0.1, -0.05) is 19.4 Å². The van der Waals surface area contributed by atoms with Crippen molar-refractivity contribution in [3.8, 4) is 0 Å². The van der Waals surface area contributed by atoms with Crippen molar-refractivity contribution in [2.75, 3.05) is 11.9 Å². The minimum absolute atomic E-state index is 0.122. The third kappa shape index (κ3) is 4.55. The summed E-state index contributed by atoms with van der Waals surface area (Å²) in [7, 11) is 0. The van der Waals surface area contributed by atoms with Crippen LogP contribution in [0.1, 0.15) is 30.1 Å². The lowest BCUT2D eigenvalue weighted by molar-refractivity contribution is 0.0696. The van der Waals surface area contributed by atoms with Crippen LogP contribution >= 0.6 is 0 Å². The third-order valence-corrected chi connectivity index (χ3v) is 2.09. The van der Waals surface area contributed by atoms with E-state index in [1.54, 1.807) is 12.1 Å². The zero-order chi connectivity index (χ0) is 12.7. The number of anilines is 1. The predicted octanol–water partition coefficient (Wildman–Crippen LogP) is 2.73. The highest BCUT2D eigenvalue weighted by Gasteiger charge is 2.06. The van der Waals surface area contributed by atoms with Gasteiger partial charge in [-0.2, -0.15) is 0 Å². The van der Waals surface area contributed by atoms with Crippen LogP contribution in [0.3, 0.4) is 0 Å². The molecule has 0 fully saturated rings. The van der Waals surface area contributed by atoms with E-state index in [-0.39, 0.29) is 5.56 Å². The minimum atomic E-state index is -1.03. The number of aromatic carboxylic acids is 1. The first-order valence-corrected chi connectivity index (χ1v) is 5.40. The molecule has 0 saturated carbocycles. The van der Waals surface area contributed by atoms with Crippen LogP contribution in [0.25, 0.3) is 0 Å². The SMILES string of the molecule is CCCCOC(=O)Nc1cccc(C(=O)O)c1. The molecule has 0 aliphatic carbocycles. The van der Waals surface area contributed by atoms with Crippen molar-refractivity contribution in [1.82, 2.24) is 0 Å². The summed E-state index contributed by atoms with van der Waals surface area (Å²) in [6, 6.07) is 6.00. The highest BCUT2D eigenvalue weighted by molar-refractivity contribution is 5.91. The van der Waals surface area contributed by atoms with Gasteiger partial charge in [-0.05, 0) is 24.6 Å². The summed E-state index contributed by atoms with van der Waals surface area (Å²) in [6.07, 6.45) is 1.19. The van der Waals surface area contributed by atoms with Gasteiger partial charge in [0.2, 0.25) is 0 Å². The fourth-order valence-corrected chi connectivity index (χ4v) is 1.19. The number of amides is 1. The van der Waals surface area contributed by atoms with E-state index in [9.17, 15) is 9.59 Å². The molecular formula is C12H15NO4. The summed E-state index contributed by atoms with van der Waals surface area (Å²) >= 11 is 0. The molecule has 1 amide bonds. The summed E-state index contributed by atoms with van der Waals surface area (Å²) in [5, 5.41) is 11.2. The molecule has 1 rings (SSSR count). The van der Waals surface area contributed by atoms with Crippen LogP contribution in [0.2, 0.25) is 0 Å². The van der Waals surface area contributed by atoms with Crippen LogP contribution < -0.4 is 5.32 Å². The van der Waals surface area contributed by atoms with Crippen molar-refractivity contribution in [1.29, 1.82) is 0 Å². The summed E-state index contributed by atoms with van der Waals surface area (Å²) in [5.74, 6) is -1.03. The van der Waals surface area contributed by atoms with E-state index in [1.807, 2.05) is 6.92 Å². The molecule has 0 bridgehead atoms. The van der Waals surface area contributed by atoms with E-state index >= 15 is 0 Å². The number of ether oxygens (including phenoxy) is 1. The normalized spacial score (nSPS) is 9.71. The second kappa shape index (κ2) is 6.52. The minimum Gasteiger partial charge on any atom is -0.478 e. The fraction of sp³-hybridized carbons (Fsp3) is 0.333. The molecule has 0 spiro atoms. The number of hydrogen-bond donors (Lipinski definition) is 2. The molecule has 0 heterocycles. The Morgan fingerprint density at radius 3 is 2.82 bits per heavy atom. The van der Waals surface area contributed by atoms with Gasteiger partial charge in [0.25, 0.3) is 0 Å². The first-order valence-electron chi connectivity index (χ1n) is 5.40. The predicted molar refractivity (Wildman–Crippen MR) is 63.3 cm³/mol. The Morgan fingerprint density at radius 1 is 1.41 bits per heavy atom. The van der Waals surface area contributed by atoms with E-state index < -0.39 is 12.1 Å². The standard InChI is InChI=1S/C12H15NO4/c1-2-3-7-17-12(16)13-10-6-4-5-9(8-10)11(14)15/h4-6,8H,2-3,7H2,1H3,(H,13,16)(H,14,15). The number of carboxylic acids is 1. The smallest absolute Gasteiger partial charge is 0.411 e. The molecule has 92 valence electrons. The van der Waals surface area contributed by atoms with Gasteiger partial charge in [0.15, 0.2) is 0 Å². The van der Waals surface area contributed by atoms with Crippen molar-refractivity contribution < 1.29 is 19.4 Å². The molecule has 1 aromatic carbocycles. The molecule has 0 aliphatic heterocycles. The monoisotopic (exact) mass is 237 g/mol. The van der Waals surface area contributed by atoms with Crippen molar-refractivity contribution in [3.63, 3.8) is 0 Å². The van der Waals surface area contributed by atoms with Gasteiger partial charge in [0.1, 0.15) is 0 Å². The zero-order valence-corrected chi connectivity index (χ0v) is 9.60. The average molecular weight is 237 g/mol. The van der Waals surface area contributed by atoms with Gasteiger partial charge >= 0.3 is 12.1 Å². The van der Waals surface area contributed by atoms with Crippen molar-refractivity contribution in [2.45, 2.75) is 19.8 Å². The largest absolute Gasteiger partial charge is 0.478 e. The molecule has 0 atom stereocenters. The van der Waals surface area contributed by atoms with Crippen LogP contribution in [0.4, 0.5) is 10.5 Å².